The fraction of sp³-hybridized carbons (Fsp3) is 0.125. The summed E-state index contributed by atoms with van der Waals surface area (Å²) in [5.41, 5.74) is -0.0270. The Hall–Kier alpha value is -1.21. The molecule has 0 saturated carbocycles. The zero-order chi connectivity index (χ0) is 9.14. The predicted molar refractivity (Wildman–Crippen MR) is 44.9 cm³/mol. The summed E-state index contributed by atoms with van der Waals surface area (Å²) in [5, 5.41) is 8.44. The van der Waals surface area contributed by atoms with Crippen molar-refractivity contribution >= 4 is 12.6 Å². The number of nitriles is 1. The van der Waals surface area contributed by atoms with Gasteiger partial charge in [-0.25, -0.2) is 4.39 Å². The Balaban J connectivity index is 3.32. The van der Waals surface area contributed by atoms with Gasteiger partial charge in [-0.3, -0.25) is 0 Å². The van der Waals surface area contributed by atoms with Crippen LogP contribution in [0.15, 0.2) is 17.0 Å². The molecule has 1 aromatic rings. The van der Waals surface area contributed by atoms with Crippen LogP contribution >= 0.6 is 12.6 Å². The maximum absolute atomic E-state index is 13.1. The van der Waals surface area contributed by atoms with E-state index in [1.165, 1.54) is 19.2 Å². The molecule has 0 aliphatic rings. The first-order valence-corrected chi connectivity index (χ1v) is 3.61. The number of halogens is 1. The molecule has 0 bridgehead atoms. The molecular formula is C8H6FNOS. The van der Waals surface area contributed by atoms with E-state index in [1.54, 1.807) is 6.07 Å². The maximum Gasteiger partial charge on any atom is 0.157 e. The summed E-state index contributed by atoms with van der Waals surface area (Å²) in [7, 11) is 1.42. The van der Waals surface area contributed by atoms with Crippen molar-refractivity contribution in [2.24, 2.45) is 0 Å². The normalized spacial score (nSPS) is 9.17. The SMILES string of the molecule is COc1ccc(C#N)c(F)c1S. The molecule has 0 amide bonds. The van der Waals surface area contributed by atoms with Crippen LogP contribution in [0.4, 0.5) is 4.39 Å². The lowest BCUT2D eigenvalue weighted by molar-refractivity contribution is 0.397. The first-order chi connectivity index (χ1) is 5.70. The predicted octanol–water partition coefficient (Wildman–Crippen LogP) is 1.99. The molecule has 1 aromatic carbocycles. The van der Waals surface area contributed by atoms with Crippen LogP contribution in [0.1, 0.15) is 5.56 Å². The molecule has 0 heterocycles. The minimum absolute atomic E-state index is 0.0270. The Morgan fingerprint density at radius 3 is 2.75 bits per heavy atom. The van der Waals surface area contributed by atoms with Crippen molar-refractivity contribution in [1.29, 1.82) is 5.26 Å². The average Bonchev–Trinajstić information content (AvgIpc) is 2.10. The van der Waals surface area contributed by atoms with Gasteiger partial charge in [0.1, 0.15) is 11.8 Å². The van der Waals surface area contributed by atoms with Gasteiger partial charge in [0.2, 0.25) is 0 Å². The lowest BCUT2D eigenvalue weighted by Gasteiger charge is -2.04. The molecule has 0 spiro atoms. The zero-order valence-corrected chi connectivity index (χ0v) is 7.23. The Kier molecular flexibility index (Phi) is 2.56. The first kappa shape index (κ1) is 8.88. The van der Waals surface area contributed by atoms with Crippen LogP contribution in [0.3, 0.4) is 0 Å². The van der Waals surface area contributed by atoms with Crippen molar-refractivity contribution in [1.82, 2.24) is 0 Å². The third-order valence-electron chi connectivity index (χ3n) is 1.42. The van der Waals surface area contributed by atoms with Gasteiger partial charge in [0.05, 0.1) is 17.6 Å². The number of hydrogen-bond donors (Lipinski definition) is 1. The number of methoxy groups -OCH3 is 1. The number of hydrogen-bond acceptors (Lipinski definition) is 3. The van der Waals surface area contributed by atoms with Crippen LogP contribution in [-0.2, 0) is 0 Å². The van der Waals surface area contributed by atoms with E-state index in [4.69, 9.17) is 10.00 Å². The van der Waals surface area contributed by atoms with Crippen LogP contribution in [0.25, 0.3) is 0 Å². The fourth-order valence-corrected chi connectivity index (χ4v) is 1.08. The average molecular weight is 183 g/mol. The highest BCUT2D eigenvalue weighted by molar-refractivity contribution is 7.80. The number of rotatable bonds is 1. The highest BCUT2D eigenvalue weighted by Gasteiger charge is 2.09. The van der Waals surface area contributed by atoms with E-state index in [2.05, 4.69) is 12.6 Å². The van der Waals surface area contributed by atoms with Crippen LogP contribution < -0.4 is 4.74 Å². The molecule has 0 unspecified atom stereocenters. The summed E-state index contributed by atoms with van der Waals surface area (Å²) >= 11 is 3.86. The van der Waals surface area contributed by atoms with Crippen LogP contribution in [0.5, 0.6) is 5.75 Å². The molecule has 0 atom stereocenters. The van der Waals surface area contributed by atoms with Gasteiger partial charge < -0.3 is 4.74 Å². The second-order valence-electron chi connectivity index (χ2n) is 2.09. The summed E-state index contributed by atoms with van der Waals surface area (Å²) in [4.78, 5) is 0.0663. The molecule has 0 radical (unpaired) electrons. The second kappa shape index (κ2) is 3.46. The third-order valence-corrected chi connectivity index (χ3v) is 1.84. The van der Waals surface area contributed by atoms with Crippen molar-refractivity contribution < 1.29 is 9.13 Å². The molecule has 2 nitrogen and oxygen atoms in total. The minimum Gasteiger partial charge on any atom is -0.495 e. The molecule has 0 aliphatic heterocycles. The molecule has 0 aromatic heterocycles. The first-order valence-electron chi connectivity index (χ1n) is 3.16. The third kappa shape index (κ3) is 1.36. The summed E-state index contributed by atoms with van der Waals surface area (Å²) in [6, 6.07) is 4.57. The van der Waals surface area contributed by atoms with Gasteiger partial charge in [-0.2, -0.15) is 5.26 Å². The van der Waals surface area contributed by atoms with Gasteiger partial charge in [-0.1, -0.05) is 0 Å². The second-order valence-corrected chi connectivity index (χ2v) is 2.54. The summed E-state index contributed by atoms with van der Waals surface area (Å²) in [6.45, 7) is 0. The van der Waals surface area contributed by atoms with Gasteiger partial charge in [0.25, 0.3) is 0 Å². The van der Waals surface area contributed by atoms with Gasteiger partial charge >= 0.3 is 0 Å². The summed E-state index contributed by atoms with van der Waals surface area (Å²) < 4.78 is 17.9. The molecule has 0 saturated heterocycles. The largest absolute Gasteiger partial charge is 0.495 e. The van der Waals surface area contributed by atoms with E-state index in [0.717, 1.165) is 0 Å². The number of ether oxygens (including phenoxy) is 1. The van der Waals surface area contributed by atoms with Gasteiger partial charge in [-0.05, 0) is 12.1 Å². The molecular weight excluding hydrogens is 177 g/mol. The zero-order valence-electron chi connectivity index (χ0n) is 6.34. The van der Waals surface area contributed by atoms with Crippen molar-refractivity contribution in [2.75, 3.05) is 7.11 Å². The Bertz CT molecular complexity index is 346. The molecule has 4 heteroatoms. The topological polar surface area (TPSA) is 33.0 Å². The molecule has 0 aliphatic carbocycles. The van der Waals surface area contributed by atoms with E-state index in [9.17, 15) is 4.39 Å². The summed E-state index contributed by atoms with van der Waals surface area (Å²) in [5.74, 6) is -0.310. The van der Waals surface area contributed by atoms with Gasteiger partial charge in [0, 0.05) is 0 Å². The van der Waals surface area contributed by atoms with Gasteiger partial charge in [-0.15, -0.1) is 12.6 Å². The van der Waals surface area contributed by atoms with Crippen molar-refractivity contribution in [2.45, 2.75) is 4.90 Å². The summed E-state index contributed by atoms with van der Waals surface area (Å²) in [6.07, 6.45) is 0. The van der Waals surface area contributed by atoms with Crippen LogP contribution in [0, 0.1) is 17.1 Å². The van der Waals surface area contributed by atoms with Crippen molar-refractivity contribution in [3.8, 4) is 11.8 Å². The quantitative estimate of drug-likeness (QED) is 0.675. The fourth-order valence-electron chi connectivity index (χ4n) is 0.798. The van der Waals surface area contributed by atoms with E-state index in [-0.39, 0.29) is 10.5 Å². The number of nitrogens with zero attached hydrogens (tertiary/aromatic N) is 1. The lowest BCUT2D eigenvalue weighted by atomic mass is 10.2. The smallest absolute Gasteiger partial charge is 0.157 e. The van der Waals surface area contributed by atoms with Crippen molar-refractivity contribution in [3.05, 3.63) is 23.5 Å². The van der Waals surface area contributed by atoms with E-state index in [1.807, 2.05) is 0 Å². The van der Waals surface area contributed by atoms with Crippen LogP contribution in [-0.4, -0.2) is 7.11 Å². The molecule has 1 rings (SSSR count). The van der Waals surface area contributed by atoms with E-state index < -0.39 is 5.82 Å². The van der Waals surface area contributed by atoms with Gasteiger partial charge in [0.15, 0.2) is 5.82 Å². The van der Waals surface area contributed by atoms with Crippen LogP contribution in [0.2, 0.25) is 0 Å². The maximum atomic E-state index is 13.1. The number of benzene rings is 1. The molecule has 12 heavy (non-hydrogen) atoms. The van der Waals surface area contributed by atoms with Crippen molar-refractivity contribution in [3.63, 3.8) is 0 Å². The minimum atomic E-state index is -0.639. The molecule has 0 fully saturated rings. The Labute approximate surface area is 75.0 Å². The standard InChI is InChI=1S/C8H6FNOS/c1-11-6-3-2-5(4-10)7(9)8(6)12/h2-3,12H,1H3. The highest BCUT2D eigenvalue weighted by atomic mass is 32.1. The lowest BCUT2D eigenvalue weighted by Crippen LogP contribution is -1.91. The van der Waals surface area contributed by atoms with E-state index in [0.29, 0.717) is 5.75 Å². The molecule has 62 valence electrons. The monoisotopic (exact) mass is 183 g/mol. The number of thiol groups is 1. The molecule has 0 N–H and O–H groups in total. The Morgan fingerprint density at radius 2 is 2.25 bits per heavy atom. The van der Waals surface area contributed by atoms with E-state index >= 15 is 0 Å². The Morgan fingerprint density at radius 1 is 1.58 bits per heavy atom. The highest BCUT2D eigenvalue weighted by Crippen LogP contribution is 2.26.